The molecule has 1 aromatic carbocycles. The maximum absolute atomic E-state index is 11.9. The Morgan fingerprint density at radius 1 is 1.44 bits per heavy atom. The molecule has 4 heteroatoms. The summed E-state index contributed by atoms with van der Waals surface area (Å²) < 4.78 is 1.06. The molecule has 0 unspecified atom stereocenters. The molecule has 0 atom stereocenters. The van der Waals surface area contributed by atoms with Gasteiger partial charge in [-0.2, -0.15) is 11.8 Å². The highest BCUT2D eigenvalue weighted by Gasteiger charge is 2.18. The topological polar surface area (TPSA) is 29.1 Å². The number of halogens is 1. The fraction of sp³-hybridized carbons (Fsp3) is 0.417. The van der Waals surface area contributed by atoms with Crippen molar-refractivity contribution in [1.82, 2.24) is 5.32 Å². The third-order valence-corrected chi connectivity index (χ3v) is 4.54. The summed E-state index contributed by atoms with van der Waals surface area (Å²) in [5, 5.41) is 2.97. The summed E-state index contributed by atoms with van der Waals surface area (Å²) in [5.41, 5.74) is 0.750. The molecule has 0 aliphatic rings. The minimum absolute atomic E-state index is 0.00660. The molecule has 88 valence electrons. The van der Waals surface area contributed by atoms with Gasteiger partial charge in [0.25, 0.3) is 5.91 Å². The van der Waals surface area contributed by atoms with Crippen LogP contribution in [0.2, 0.25) is 0 Å². The van der Waals surface area contributed by atoms with Crippen molar-refractivity contribution in [3.05, 3.63) is 33.4 Å². The lowest BCUT2D eigenvalue weighted by atomic mass is 10.2. The van der Waals surface area contributed by atoms with Crippen molar-refractivity contribution in [2.45, 2.75) is 18.6 Å². The number of rotatable bonds is 4. The third kappa shape index (κ3) is 3.97. The van der Waals surface area contributed by atoms with E-state index < -0.39 is 0 Å². The van der Waals surface area contributed by atoms with E-state index in [-0.39, 0.29) is 10.7 Å². The monoisotopic (exact) mass is 349 g/mol. The van der Waals surface area contributed by atoms with Crippen LogP contribution in [0.5, 0.6) is 0 Å². The standard InChI is InChI=1S/C12H16INOS/c1-12(2,16-3)8-14-11(15)9-6-4-5-7-10(9)13/h4-7H,8H2,1-3H3,(H,14,15). The van der Waals surface area contributed by atoms with E-state index in [9.17, 15) is 4.79 Å². The average Bonchev–Trinajstić information content (AvgIpc) is 2.27. The molecule has 0 aliphatic heterocycles. The van der Waals surface area contributed by atoms with Crippen molar-refractivity contribution in [3.8, 4) is 0 Å². The van der Waals surface area contributed by atoms with Gasteiger partial charge < -0.3 is 5.32 Å². The summed E-state index contributed by atoms with van der Waals surface area (Å²) in [7, 11) is 0. The molecule has 1 amide bonds. The number of hydrogen-bond donors (Lipinski definition) is 1. The molecule has 0 bridgehead atoms. The van der Waals surface area contributed by atoms with E-state index >= 15 is 0 Å². The van der Waals surface area contributed by atoms with Crippen molar-refractivity contribution in [2.24, 2.45) is 0 Å². The number of benzene rings is 1. The van der Waals surface area contributed by atoms with E-state index in [0.717, 1.165) is 9.13 Å². The van der Waals surface area contributed by atoms with E-state index in [1.165, 1.54) is 0 Å². The largest absolute Gasteiger partial charge is 0.351 e. The Labute approximate surface area is 115 Å². The summed E-state index contributed by atoms with van der Waals surface area (Å²) in [6, 6.07) is 7.61. The van der Waals surface area contributed by atoms with E-state index in [2.05, 4.69) is 48.0 Å². The zero-order valence-electron chi connectivity index (χ0n) is 9.71. The second-order valence-corrected chi connectivity index (χ2v) is 6.80. The van der Waals surface area contributed by atoms with Crippen LogP contribution >= 0.6 is 34.4 Å². The molecule has 0 aromatic heterocycles. The Bertz CT molecular complexity index is 379. The smallest absolute Gasteiger partial charge is 0.252 e. The Balaban J connectivity index is 2.64. The van der Waals surface area contributed by atoms with Gasteiger partial charge >= 0.3 is 0 Å². The van der Waals surface area contributed by atoms with E-state index in [1.54, 1.807) is 11.8 Å². The van der Waals surface area contributed by atoms with Crippen molar-refractivity contribution >= 4 is 40.3 Å². The highest BCUT2D eigenvalue weighted by molar-refractivity contribution is 14.1. The summed E-state index contributed by atoms with van der Waals surface area (Å²) in [6.45, 7) is 4.92. The number of hydrogen-bond acceptors (Lipinski definition) is 2. The molecule has 0 saturated carbocycles. The van der Waals surface area contributed by atoms with Crippen LogP contribution in [0.3, 0.4) is 0 Å². The first-order valence-electron chi connectivity index (χ1n) is 5.04. The molecule has 1 N–H and O–H groups in total. The van der Waals surface area contributed by atoms with Crippen LogP contribution in [0.4, 0.5) is 0 Å². The number of nitrogens with one attached hydrogen (secondary N) is 1. The summed E-state index contributed by atoms with van der Waals surface area (Å²) >= 11 is 3.93. The number of carbonyl (C=O) groups excluding carboxylic acids is 1. The predicted molar refractivity (Wildman–Crippen MR) is 79.1 cm³/mol. The van der Waals surface area contributed by atoms with Crippen LogP contribution in [0.25, 0.3) is 0 Å². The van der Waals surface area contributed by atoms with Crippen molar-refractivity contribution in [3.63, 3.8) is 0 Å². The molecule has 0 radical (unpaired) electrons. The van der Waals surface area contributed by atoms with Crippen LogP contribution in [0.1, 0.15) is 24.2 Å². The van der Waals surface area contributed by atoms with Crippen LogP contribution in [0, 0.1) is 3.57 Å². The maximum Gasteiger partial charge on any atom is 0.252 e. The second kappa shape index (κ2) is 5.91. The highest BCUT2D eigenvalue weighted by Crippen LogP contribution is 2.20. The van der Waals surface area contributed by atoms with Gasteiger partial charge in [0.05, 0.1) is 5.56 Å². The number of carbonyl (C=O) groups is 1. The third-order valence-electron chi connectivity index (χ3n) is 2.35. The van der Waals surface area contributed by atoms with Crippen molar-refractivity contribution < 1.29 is 4.79 Å². The number of amides is 1. The maximum atomic E-state index is 11.9. The van der Waals surface area contributed by atoms with Gasteiger partial charge in [-0.25, -0.2) is 0 Å². The normalized spacial score (nSPS) is 11.2. The minimum Gasteiger partial charge on any atom is -0.351 e. The fourth-order valence-corrected chi connectivity index (χ4v) is 1.95. The summed E-state index contributed by atoms with van der Waals surface area (Å²) in [5.74, 6) is 0.00660. The van der Waals surface area contributed by atoms with Crippen molar-refractivity contribution in [1.29, 1.82) is 0 Å². The van der Waals surface area contributed by atoms with Crippen LogP contribution < -0.4 is 5.32 Å². The lowest BCUT2D eigenvalue weighted by molar-refractivity contribution is 0.0950. The second-order valence-electron chi connectivity index (χ2n) is 4.13. The van der Waals surface area contributed by atoms with Crippen LogP contribution in [-0.4, -0.2) is 23.5 Å². The molecule has 16 heavy (non-hydrogen) atoms. The zero-order valence-corrected chi connectivity index (χ0v) is 12.7. The lowest BCUT2D eigenvalue weighted by Gasteiger charge is -2.22. The quantitative estimate of drug-likeness (QED) is 0.846. The van der Waals surface area contributed by atoms with Gasteiger partial charge in [0.15, 0.2) is 0 Å². The SMILES string of the molecule is CSC(C)(C)CNC(=O)c1ccccc1I. The Kier molecular flexibility index (Phi) is 5.11. The molecule has 0 aliphatic carbocycles. The molecule has 1 aromatic rings. The zero-order chi connectivity index (χ0) is 12.2. The van der Waals surface area contributed by atoms with Gasteiger partial charge in [0, 0.05) is 14.9 Å². The first-order chi connectivity index (χ1) is 7.46. The summed E-state index contributed by atoms with van der Waals surface area (Å²) in [6.07, 6.45) is 2.05. The first kappa shape index (κ1) is 13.8. The Morgan fingerprint density at radius 3 is 2.62 bits per heavy atom. The molecule has 0 heterocycles. The molecular formula is C12H16INOS. The molecule has 0 spiro atoms. The Hall–Kier alpha value is -0.230. The molecule has 1 rings (SSSR count). The molecule has 0 saturated heterocycles. The fourth-order valence-electron chi connectivity index (χ4n) is 1.11. The predicted octanol–water partition coefficient (Wildman–Crippen LogP) is 3.16. The van der Waals surface area contributed by atoms with Gasteiger partial charge in [-0.1, -0.05) is 12.1 Å². The number of thioether (sulfide) groups is 1. The minimum atomic E-state index is 0.00660. The average molecular weight is 349 g/mol. The van der Waals surface area contributed by atoms with Crippen molar-refractivity contribution in [2.75, 3.05) is 12.8 Å². The van der Waals surface area contributed by atoms with Crippen LogP contribution in [-0.2, 0) is 0 Å². The highest BCUT2D eigenvalue weighted by atomic mass is 127. The molecule has 0 fully saturated rings. The van der Waals surface area contributed by atoms with Gasteiger partial charge in [-0.05, 0) is 54.8 Å². The van der Waals surface area contributed by atoms with Gasteiger partial charge in [0.2, 0.25) is 0 Å². The molecule has 2 nitrogen and oxygen atoms in total. The van der Waals surface area contributed by atoms with Gasteiger partial charge in [-0.3, -0.25) is 4.79 Å². The van der Waals surface area contributed by atoms with Crippen LogP contribution in [0.15, 0.2) is 24.3 Å². The van der Waals surface area contributed by atoms with Gasteiger partial charge in [0.1, 0.15) is 0 Å². The Morgan fingerprint density at radius 2 is 2.06 bits per heavy atom. The van der Waals surface area contributed by atoms with E-state index in [4.69, 9.17) is 0 Å². The first-order valence-corrected chi connectivity index (χ1v) is 7.34. The summed E-state index contributed by atoms with van der Waals surface area (Å²) in [4.78, 5) is 11.9. The lowest BCUT2D eigenvalue weighted by Crippen LogP contribution is -2.36. The van der Waals surface area contributed by atoms with Gasteiger partial charge in [-0.15, -0.1) is 0 Å². The molecular weight excluding hydrogens is 333 g/mol. The van der Waals surface area contributed by atoms with E-state index in [0.29, 0.717) is 6.54 Å². The van der Waals surface area contributed by atoms with E-state index in [1.807, 2.05) is 24.3 Å².